The van der Waals surface area contributed by atoms with Gasteiger partial charge >= 0.3 is 15.6 Å². The van der Waals surface area contributed by atoms with Gasteiger partial charge in [0.2, 0.25) is 17.7 Å². The number of carbonyl (C=O) groups is 3. The molecule has 0 bridgehead atoms. The summed E-state index contributed by atoms with van der Waals surface area (Å²) in [4.78, 5) is 70.6. The molecule has 4 atom stereocenters. The van der Waals surface area contributed by atoms with E-state index in [4.69, 9.17) is 35.5 Å². The molecule has 1 fully saturated rings. The van der Waals surface area contributed by atoms with E-state index in [0.717, 1.165) is 0 Å². The van der Waals surface area contributed by atoms with Crippen molar-refractivity contribution in [2.75, 3.05) is 19.7 Å². The number of ether oxygens (including phenoxy) is 1. The first-order valence-corrected chi connectivity index (χ1v) is 15.6. The smallest absolute Gasteiger partial charge is 0.383 e. The van der Waals surface area contributed by atoms with Crippen LogP contribution in [0, 0.1) is 31.6 Å². The van der Waals surface area contributed by atoms with Gasteiger partial charge in [0.05, 0.1) is 18.7 Å². The molecule has 1 radical (unpaired) electrons. The summed E-state index contributed by atoms with van der Waals surface area (Å²) in [6.07, 6.45) is -0.369. The summed E-state index contributed by atoms with van der Waals surface area (Å²) in [6.45, 7) is 4.43. The molecule has 1 saturated heterocycles. The van der Waals surface area contributed by atoms with Gasteiger partial charge in [-0.25, -0.2) is 9.13 Å². The van der Waals surface area contributed by atoms with Crippen molar-refractivity contribution in [3.8, 4) is 11.8 Å². The van der Waals surface area contributed by atoms with E-state index in [9.17, 15) is 23.5 Å². The van der Waals surface area contributed by atoms with Crippen LogP contribution in [0.2, 0.25) is 0 Å². The molecular weight excluding hydrogens is 866 g/mol. The molecule has 18 nitrogen and oxygen atoms in total. The molecule has 257 valence electrons. The third-order valence-corrected chi connectivity index (χ3v) is 6.29. The Morgan fingerprint density at radius 1 is 1.16 bits per heavy atom. The third kappa shape index (κ3) is 19.4. The topological polar surface area (TPSA) is 292 Å². The largest absolute Gasteiger partial charge is 0.469 e. The Hall–Kier alpha value is -3.84. The molecule has 21 heteroatoms. The fraction of sp³-hybridized carbons (Fsp3) is 0.565. The summed E-state index contributed by atoms with van der Waals surface area (Å²) in [6, 6.07) is -0.877. The molecular formula is C23H40EsN6O12P2-2. The van der Waals surface area contributed by atoms with Crippen LogP contribution >= 0.6 is 15.6 Å². The van der Waals surface area contributed by atoms with Crippen LogP contribution in [0.25, 0.3) is 0 Å². The zero-order valence-corrected chi connectivity index (χ0v) is 28.4. The average Bonchev–Trinajstić information content (AvgIpc) is 3.22. The quantitative estimate of drug-likeness (QED) is 0.0203. The van der Waals surface area contributed by atoms with Crippen molar-refractivity contribution in [1.82, 2.24) is 21.3 Å². The number of carbonyl (C=O) groups excluding carboxylic acids is 3. The summed E-state index contributed by atoms with van der Waals surface area (Å²) >= 11 is 0. The van der Waals surface area contributed by atoms with E-state index in [1.54, 1.807) is 0 Å². The van der Waals surface area contributed by atoms with Gasteiger partial charge in [-0.15, -0.1) is 0 Å². The van der Waals surface area contributed by atoms with Crippen molar-refractivity contribution in [3.05, 3.63) is 26.1 Å². The maximum atomic E-state index is 12.0. The molecule has 0 saturated carbocycles. The Kier molecular flexibility index (Phi) is 19.4. The third-order valence-electron chi connectivity index (χ3n) is 5.25. The van der Waals surface area contributed by atoms with Crippen LogP contribution in [0.1, 0.15) is 39.0 Å². The molecule has 0 aromatic heterocycles. The first-order valence-electron chi connectivity index (χ1n) is 12.5. The number of rotatable bonds is 17. The molecule has 1 heterocycles. The van der Waals surface area contributed by atoms with Crippen LogP contribution in [0.3, 0.4) is 0 Å². The number of nitrogens with two attached hydrogens (primary N) is 1. The summed E-state index contributed by atoms with van der Waals surface area (Å²) < 4.78 is 36.6. The molecule has 1 aliphatic heterocycles. The van der Waals surface area contributed by atoms with Crippen LogP contribution in [-0.4, -0.2) is 87.3 Å². The van der Waals surface area contributed by atoms with Crippen molar-refractivity contribution in [2.24, 2.45) is 5.73 Å². The minimum atomic E-state index is -4.96. The fourth-order valence-electron chi connectivity index (χ4n) is 3.39. The molecule has 11 N–H and O–H groups in total. The van der Waals surface area contributed by atoms with Crippen LogP contribution in [0.4, 0.5) is 0 Å². The summed E-state index contributed by atoms with van der Waals surface area (Å²) in [7, 11) is -9.84. The van der Waals surface area contributed by atoms with Gasteiger partial charge in [0.15, 0.2) is 0 Å². The minimum absolute atomic E-state index is 0. The van der Waals surface area contributed by atoms with Gasteiger partial charge in [0, 0.05) is 32.5 Å². The predicted octanol–water partition coefficient (Wildman–Crippen LogP) is -1.32. The molecule has 1 aliphatic rings. The first kappa shape index (κ1) is 42.3. The van der Waals surface area contributed by atoms with E-state index in [1.165, 1.54) is 13.1 Å². The molecule has 0 aromatic rings. The van der Waals surface area contributed by atoms with Gasteiger partial charge in [-0.05, 0) is 18.9 Å². The Labute approximate surface area is 249 Å². The van der Waals surface area contributed by atoms with E-state index < -0.39 is 58.5 Å². The molecule has 2 unspecified atom stereocenters. The Morgan fingerprint density at radius 3 is 2.39 bits per heavy atom. The number of hydrogen-bond acceptors (Lipinski definition) is 10. The van der Waals surface area contributed by atoms with Gasteiger partial charge in [-0.3, -0.25) is 28.8 Å². The normalized spacial score (nSPS) is 18.8. The van der Waals surface area contributed by atoms with Gasteiger partial charge < -0.3 is 65.7 Å². The molecule has 44 heavy (non-hydrogen) atoms. The second kappa shape index (κ2) is 20.2. The molecule has 3 amide bonds. The zero-order chi connectivity index (χ0) is 31.9. The SMILES string of the molecule is [CH2-]C(NC(C)=O)C(=O)NCCCCCC(=O)NCC#C/C(=C/N[C@H]1CC(OP(=O)(O)O)[C@@H](COP(=O)(O)O)O1)C(=N)N.[CH3-].[Es]. The predicted molar refractivity (Wildman–Crippen MR) is 153 cm³/mol. The second-order valence-electron chi connectivity index (χ2n) is 8.89. The van der Waals surface area contributed by atoms with E-state index in [-0.39, 0.29) is 44.2 Å². The van der Waals surface area contributed by atoms with Crippen molar-refractivity contribution in [2.45, 2.75) is 63.5 Å². The summed E-state index contributed by atoms with van der Waals surface area (Å²) in [5.74, 6) is 3.77. The van der Waals surface area contributed by atoms with Gasteiger partial charge in [-0.1, -0.05) is 18.3 Å². The number of hydrogen-bond donors (Lipinski definition) is 10. The van der Waals surface area contributed by atoms with E-state index in [0.29, 0.717) is 25.8 Å². The maximum absolute atomic E-state index is 12.0. The second-order valence-corrected chi connectivity index (χ2v) is 11.3. The maximum Gasteiger partial charge on any atom is 0.469 e. The number of phosphoric acid groups is 2. The monoisotopic (exact) mass is 906 g/mol. The van der Waals surface area contributed by atoms with Gasteiger partial charge in [-0.2, -0.15) is 0 Å². The average molecular weight is 907 g/mol. The molecule has 0 spiro atoms. The molecule has 0 aliphatic carbocycles. The number of unbranched alkanes of at least 4 members (excludes halogenated alkanes) is 2. The van der Waals surface area contributed by atoms with Crippen LogP contribution in [-0.2, 0) is 37.3 Å². The standard InChI is InChI=1S/C22H37N6O12P2.CH3.Es/c1-14(28-15(2)29)22(31)26-9-5-3-4-8-19(30)25-10-6-7-16(21(23)24)12-27-20-11-17(40-42(35,36)37)18(39-20)13-38-41(32,33)34;;/h12,14,17-18,20,27H,1,3-5,8-11,13H2,2H3,(H3,23,24)(H,25,30)(H,26,31)(H,28,29)(H2,32,33,34)(H2,35,36,37);1H3;/q2*-1;/b16-12-;;/t14?,17?,18-,20-;;/m1../s1. The minimum Gasteiger partial charge on any atom is -0.383 e. The van der Waals surface area contributed by atoms with Gasteiger partial charge in [0.25, 0.3) is 0 Å². The van der Waals surface area contributed by atoms with Crippen molar-refractivity contribution in [3.63, 3.8) is 0 Å². The Balaban J connectivity index is 0. The zero-order valence-electron chi connectivity index (χ0n) is 24.1. The Morgan fingerprint density at radius 2 is 1.82 bits per heavy atom. The number of amidine groups is 1. The van der Waals surface area contributed by atoms with E-state index in [1.807, 2.05) is 0 Å². The van der Waals surface area contributed by atoms with E-state index in [2.05, 4.69) is 49.1 Å². The number of amides is 3. The summed E-state index contributed by atoms with van der Waals surface area (Å²) in [5.41, 5.74) is 5.52. The fourth-order valence-corrected chi connectivity index (χ4v) is 4.31. The van der Waals surface area contributed by atoms with E-state index >= 15 is 0 Å². The number of nitrogens with one attached hydrogen (secondary N) is 5. The van der Waals surface area contributed by atoms with Crippen LogP contribution in [0.15, 0.2) is 11.8 Å². The van der Waals surface area contributed by atoms with Crippen molar-refractivity contribution in [1.29, 1.82) is 5.41 Å². The number of phosphoric ester groups is 2. The molecule has 1 rings (SSSR count). The van der Waals surface area contributed by atoms with Crippen LogP contribution < -0.4 is 27.0 Å². The van der Waals surface area contributed by atoms with Crippen LogP contribution in [0.5, 0.6) is 0 Å². The summed E-state index contributed by atoms with van der Waals surface area (Å²) in [5, 5.41) is 18.0. The first-order chi connectivity index (χ1) is 19.5. The molecule has 0 aromatic carbocycles. The van der Waals surface area contributed by atoms with Crippen molar-refractivity contribution < 1.29 is 56.9 Å². The van der Waals surface area contributed by atoms with Gasteiger partial charge in [0.1, 0.15) is 24.3 Å². The van der Waals surface area contributed by atoms with Crippen molar-refractivity contribution >= 4 is 39.2 Å². The Bertz CT molecular complexity index is 1150.